The van der Waals surface area contributed by atoms with Gasteiger partial charge in [-0.05, 0) is 12.1 Å². The maximum absolute atomic E-state index is 13.4. The van der Waals surface area contributed by atoms with Gasteiger partial charge in [0.15, 0.2) is 0 Å². The number of hydrogen-bond donors (Lipinski definition) is 6. The molecule has 0 saturated heterocycles. The van der Waals surface area contributed by atoms with Gasteiger partial charge < -0.3 is 10.2 Å². The third kappa shape index (κ3) is 5.56. The molecule has 0 amide bonds. The Balaban J connectivity index is 2.49. The summed E-state index contributed by atoms with van der Waals surface area (Å²) in [5, 5.41) is 21.0. The summed E-state index contributed by atoms with van der Waals surface area (Å²) in [6.07, 6.45) is 1.01. The van der Waals surface area contributed by atoms with E-state index in [2.05, 4.69) is 8.57 Å². The lowest BCUT2D eigenvalue weighted by atomic mass is 9.81. The third-order valence-electron chi connectivity index (χ3n) is 4.60. The molecule has 0 aromatic heterocycles. The zero-order valence-corrected chi connectivity index (χ0v) is 21.7. The Morgan fingerprint density at radius 1 is 0.605 bits per heavy atom. The number of fused-ring (bicyclic) bond motifs is 2. The van der Waals surface area contributed by atoms with E-state index in [9.17, 15) is 62.6 Å². The Kier molecular flexibility index (Phi) is 7.01. The molecule has 0 spiro atoms. The SMILES string of the molecule is CS(=O)(=O)ONc1cc(S(=O)(=O)O)c(O)c2c1C(=O)c1c(O)c(S(=O)(=O)O)cc(NOS(C)(=O)=O)c1C2=O. The molecule has 0 atom stereocenters. The molecule has 1 aliphatic rings. The average molecular weight is 619 g/mol. The lowest BCUT2D eigenvalue weighted by molar-refractivity contribution is 0.0973. The molecule has 2 aromatic carbocycles. The quantitative estimate of drug-likeness (QED) is 0.0998. The van der Waals surface area contributed by atoms with Crippen LogP contribution in [0, 0.1) is 0 Å². The number of phenolic OH excluding ortho intramolecular Hbond substituents is 2. The van der Waals surface area contributed by atoms with Gasteiger partial charge in [0.05, 0.1) is 46.1 Å². The van der Waals surface area contributed by atoms with Crippen molar-refractivity contribution in [3.8, 4) is 11.5 Å². The van der Waals surface area contributed by atoms with Gasteiger partial charge >= 0.3 is 0 Å². The summed E-state index contributed by atoms with van der Waals surface area (Å²) in [6, 6.07) is 0.556. The summed E-state index contributed by atoms with van der Waals surface area (Å²) >= 11 is 0. The molecule has 0 radical (unpaired) electrons. The Labute approximate surface area is 213 Å². The molecule has 3 rings (SSSR count). The maximum atomic E-state index is 13.4. The summed E-state index contributed by atoms with van der Waals surface area (Å²) in [6.45, 7) is 0. The molecule has 22 heteroatoms. The van der Waals surface area contributed by atoms with Crippen LogP contribution in [0.4, 0.5) is 11.4 Å². The first-order valence-electron chi connectivity index (χ1n) is 9.17. The van der Waals surface area contributed by atoms with Crippen LogP contribution in [-0.2, 0) is 49.0 Å². The van der Waals surface area contributed by atoms with Crippen LogP contribution in [0.5, 0.6) is 11.5 Å². The van der Waals surface area contributed by atoms with Gasteiger partial charge in [-0.1, -0.05) is 0 Å². The molecule has 208 valence electrons. The van der Waals surface area contributed by atoms with E-state index < -0.39 is 107 Å². The fraction of sp³-hybridized carbons (Fsp3) is 0.125. The van der Waals surface area contributed by atoms with Crippen LogP contribution in [0.2, 0.25) is 0 Å². The highest BCUT2D eigenvalue weighted by atomic mass is 32.2. The maximum Gasteiger partial charge on any atom is 0.298 e. The monoisotopic (exact) mass is 618 g/mol. The van der Waals surface area contributed by atoms with Crippen molar-refractivity contribution in [2.45, 2.75) is 9.79 Å². The zero-order chi connectivity index (χ0) is 29.2. The topological polar surface area (TPSA) is 294 Å². The second-order valence-corrected chi connectivity index (χ2v) is 13.4. The first kappa shape index (κ1) is 29.2. The van der Waals surface area contributed by atoms with Crippen molar-refractivity contribution < 1.29 is 71.1 Å². The molecule has 2 aromatic rings. The normalized spacial score (nSPS) is 14.1. The molecule has 6 N–H and O–H groups in total. The highest BCUT2D eigenvalue weighted by molar-refractivity contribution is 7.86. The van der Waals surface area contributed by atoms with Crippen LogP contribution in [-0.4, -0.2) is 77.1 Å². The molecular weight excluding hydrogens is 604 g/mol. The van der Waals surface area contributed by atoms with E-state index in [1.165, 1.54) is 0 Å². The number of carbonyl (C=O) groups excluding carboxylic acids is 2. The van der Waals surface area contributed by atoms with E-state index >= 15 is 0 Å². The van der Waals surface area contributed by atoms with Gasteiger partial charge in [-0.25, -0.2) is 11.0 Å². The van der Waals surface area contributed by atoms with Gasteiger partial charge in [-0.3, -0.25) is 18.7 Å². The Bertz CT molecular complexity index is 1720. The van der Waals surface area contributed by atoms with E-state index in [4.69, 9.17) is 0 Å². The van der Waals surface area contributed by atoms with Crippen molar-refractivity contribution in [3.05, 3.63) is 34.4 Å². The van der Waals surface area contributed by atoms with E-state index in [-0.39, 0.29) is 12.1 Å². The molecule has 0 unspecified atom stereocenters. The van der Waals surface area contributed by atoms with Gasteiger partial charge in [0.1, 0.15) is 21.3 Å². The van der Waals surface area contributed by atoms with Crippen LogP contribution < -0.4 is 11.0 Å². The number of ketones is 2. The number of aromatic hydroxyl groups is 2. The Hall–Kier alpha value is -3.38. The molecule has 0 fully saturated rings. The van der Waals surface area contributed by atoms with Crippen molar-refractivity contribution in [1.82, 2.24) is 0 Å². The zero-order valence-electron chi connectivity index (χ0n) is 18.5. The first-order valence-corrected chi connectivity index (χ1v) is 15.7. The van der Waals surface area contributed by atoms with Crippen LogP contribution in [0.1, 0.15) is 31.8 Å². The fourth-order valence-corrected chi connectivity index (χ4v) is 4.96. The molecule has 38 heavy (non-hydrogen) atoms. The standard InChI is InChI=1S/C16H14N2O16S4/c1-35(23,24)33-17-5-3-7(37(27,28)29)13(19)11-9(5)15(21)12-10(16(11)22)6(18-34-36(2,25)26)4-8(14(12)20)38(30,31)32/h3-4,17-20H,1-2H3,(H,27,28,29)(H,30,31,32). The van der Waals surface area contributed by atoms with Crippen molar-refractivity contribution in [1.29, 1.82) is 0 Å². The van der Waals surface area contributed by atoms with Crippen LogP contribution in [0.15, 0.2) is 21.9 Å². The minimum atomic E-state index is -5.38. The highest BCUT2D eigenvalue weighted by Crippen LogP contribution is 2.46. The summed E-state index contributed by atoms with van der Waals surface area (Å²) < 4.78 is 120. The lowest BCUT2D eigenvalue weighted by Crippen LogP contribution is -2.27. The van der Waals surface area contributed by atoms with Crippen molar-refractivity contribution in [2.24, 2.45) is 0 Å². The van der Waals surface area contributed by atoms with Crippen molar-refractivity contribution >= 4 is 63.4 Å². The lowest BCUT2D eigenvalue weighted by Gasteiger charge is -2.25. The van der Waals surface area contributed by atoms with E-state index in [1.54, 1.807) is 11.0 Å². The third-order valence-corrected chi connectivity index (χ3v) is 7.11. The van der Waals surface area contributed by atoms with Crippen LogP contribution in [0.3, 0.4) is 0 Å². The van der Waals surface area contributed by atoms with Crippen LogP contribution >= 0.6 is 0 Å². The number of rotatable bonds is 8. The highest BCUT2D eigenvalue weighted by Gasteiger charge is 2.42. The fourth-order valence-electron chi connectivity index (χ4n) is 3.26. The molecule has 0 saturated carbocycles. The molecular formula is C16H14N2O16S4. The number of phenols is 2. The molecule has 1 aliphatic carbocycles. The smallest absolute Gasteiger partial charge is 0.298 e. The second kappa shape index (κ2) is 9.12. The van der Waals surface area contributed by atoms with Crippen molar-refractivity contribution in [3.63, 3.8) is 0 Å². The number of anilines is 2. The predicted octanol–water partition coefficient (Wildman–Crippen LogP) is -1.03. The number of carbonyl (C=O) groups is 2. The van der Waals surface area contributed by atoms with E-state index in [1.807, 2.05) is 0 Å². The van der Waals surface area contributed by atoms with Crippen LogP contribution in [0.25, 0.3) is 0 Å². The molecule has 0 aliphatic heterocycles. The Morgan fingerprint density at radius 2 is 0.895 bits per heavy atom. The van der Waals surface area contributed by atoms with Gasteiger partial charge in [0.25, 0.3) is 40.5 Å². The van der Waals surface area contributed by atoms with E-state index in [0.29, 0.717) is 12.5 Å². The second-order valence-electron chi connectivity index (χ2n) is 7.43. The summed E-state index contributed by atoms with van der Waals surface area (Å²) in [5.74, 6) is -6.30. The first-order chi connectivity index (χ1) is 17.0. The average Bonchev–Trinajstić information content (AvgIpc) is 2.72. The Morgan fingerprint density at radius 3 is 1.13 bits per heavy atom. The van der Waals surface area contributed by atoms with Crippen molar-refractivity contribution in [2.75, 3.05) is 23.5 Å². The number of benzene rings is 2. The number of nitrogens with one attached hydrogen (secondary N) is 2. The molecule has 18 nitrogen and oxygen atoms in total. The molecule has 0 bridgehead atoms. The molecule has 0 heterocycles. The van der Waals surface area contributed by atoms with Gasteiger partial charge in [0.2, 0.25) is 11.6 Å². The van der Waals surface area contributed by atoms with Gasteiger partial charge in [-0.15, -0.1) is 0 Å². The summed E-state index contributed by atoms with van der Waals surface area (Å²) in [5.41, 5.74) is -3.34. The van der Waals surface area contributed by atoms with E-state index in [0.717, 1.165) is 0 Å². The van der Waals surface area contributed by atoms with Gasteiger partial charge in [0, 0.05) is 0 Å². The summed E-state index contributed by atoms with van der Waals surface area (Å²) in [7, 11) is -19.5. The predicted molar refractivity (Wildman–Crippen MR) is 122 cm³/mol. The largest absolute Gasteiger partial charge is 0.506 e. The minimum Gasteiger partial charge on any atom is -0.506 e. The summed E-state index contributed by atoms with van der Waals surface area (Å²) in [4.78, 5) is 24.0. The van der Waals surface area contributed by atoms with Gasteiger partial charge in [-0.2, -0.15) is 42.2 Å². The number of hydrogen-bond acceptors (Lipinski definition) is 16. The minimum absolute atomic E-state index is 0.278.